The predicted molar refractivity (Wildman–Crippen MR) is 187 cm³/mol. The number of hydrogen-bond donors (Lipinski definition) is 0. The van der Waals surface area contributed by atoms with Crippen LogP contribution in [0.5, 0.6) is 0 Å². The van der Waals surface area contributed by atoms with Crippen LogP contribution in [0.15, 0.2) is 0 Å². The van der Waals surface area contributed by atoms with Crippen molar-refractivity contribution in [1.29, 1.82) is 0 Å². The molecule has 0 aliphatic heterocycles. The van der Waals surface area contributed by atoms with E-state index >= 15 is 0 Å². The molecule has 40 heavy (non-hydrogen) atoms. The zero-order chi connectivity index (χ0) is 29.4. The predicted octanol–water partition coefficient (Wildman–Crippen LogP) is 15.4. The van der Waals surface area contributed by atoms with Crippen molar-refractivity contribution >= 4 is 0 Å². The Balaban J connectivity index is 3.24. The first-order chi connectivity index (χ1) is 19.6. The molecule has 0 heterocycles. The van der Waals surface area contributed by atoms with Gasteiger partial charge < -0.3 is 0 Å². The quantitative estimate of drug-likeness (QED) is 0.0684. The lowest BCUT2D eigenvalue weighted by Gasteiger charge is -2.16. The molecule has 0 aromatic heterocycles. The maximum Gasteiger partial charge on any atom is -0.0443 e. The summed E-state index contributed by atoms with van der Waals surface area (Å²) in [4.78, 5) is 0. The standard InChI is InChI=1S/C40H82/c1-6-8-10-11-12-13-14-15-16-17-18-19-20-21-22-23-24-25-26-27-28-29-33-39(4)35-31-37-40(5)36-30-34-38(3)32-9-7-2/h38-40H,6-37H2,1-5H3. The van der Waals surface area contributed by atoms with Crippen molar-refractivity contribution in [2.75, 3.05) is 0 Å². The zero-order valence-corrected chi connectivity index (χ0v) is 29.4. The smallest absolute Gasteiger partial charge is 0.0443 e. The van der Waals surface area contributed by atoms with Crippen LogP contribution < -0.4 is 0 Å². The number of rotatable bonds is 34. The lowest BCUT2D eigenvalue weighted by Crippen LogP contribution is -2.01. The molecule has 0 saturated carbocycles. The van der Waals surface area contributed by atoms with Gasteiger partial charge in [0.05, 0.1) is 0 Å². The van der Waals surface area contributed by atoms with E-state index in [1.165, 1.54) is 205 Å². The van der Waals surface area contributed by atoms with Gasteiger partial charge in [-0.05, 0) is 17.8 Å². The topological polar surface area (TPSA) is 0 Å². The van der Waals surface area contributed by atoms with E-state index in [9.17, 15) is 0 Å². The molecular formula is C40H82. The van der Waals surface area contributed by atoms with Gasteiger partial charge in [-0.3, -0.25) is 0 Å². The van der Waals surface area contributed by atoms with Crippen molar-refractivity contribution in [1.82, 2.24) is 0 Å². The van der Waals surface area contributed by atoms with Crippen molar-refractivity contribution in [2.45, 2.75) is 240 Å². The third-order valence-electron chi connectivity index (χ3n) is 9.89. The Morgan fingerprint density at radius 2 is 0.425 bits per heavy atom. The average molecular weight is 563 g/mol. The Bertz CT molecular complexity index is 439. The number of hydrogen-bond acceptors (Lipinski definition) is 0. The van der Waals surface area contributed by atoms with E-state index < -0.39 is 0 Å². The first-order valence-corrected chi connectivity index (χ1v) is 19.6. The van der Waals surface area contributed by atoms with E-state index in [0.717, 1.165) is 17.8 Å². The summed E-state index contributed by atoms with van der Waals surface area (Å²) in [5.41, 5.74) is 0. The second-order valence-electron chi connectivity index (χ2n) is 14.5. The molecule has 0 rings (SSSR count). The van der Waals surface area contributed by atoms with Gasteiger partial charge in [-0.2, -0.15) is 0 Å². The van der Waals surface area contributed by atoms with Crippen LogP contribution in [0.4, 0.5) is 0 Å². The Labute approximate surface area is 257 Å². The molecule has 0 aromatic rings. The molecule has 0 N–H and O–H groups in total. The average Bonchev–Trinajstić information content (AvgIpc) is 2.94. The highest BCUT2D eigenvalue weighted by Gasteiger charge is 2.08. The van der Waals surface area contributed by atoms with E-state index in [1.54, 1.807) is 0 Å². The molecule has 0 amide bonds. The van der Waals surface area contributed by atoms with Gasteiger partial charge >= 0.3 is 0 Å². The highest BCUT2D eigenvalue weighted by molar-refractivity contribution is 4.61. The van der Waals surface area contributed by atoms with Gasteiger partial charge in [0.15, 0.2) is 0 Å². The van der Waals surface area contributed by atoms with Crippen LogP contribution in [-0.2, 0) is 0 Å². The fourth-order valence-corrected chi connectivity index (χ4v) is 6.72. The summed E-state index contributed by atoms with van der Waals surface area (Å²) in [6, 6.07) is 0. The molecule has 0 heteroatoms. The fourth-order valence-electron chi connectivity index (χ4n) is 6.72. The molecule has 3 atom stereocenters. The minimum absolute atomic E-state index is 0.944. The van der Waals surface area contributed by atoms with E-state index in [4.69, 9.17) is 0 Å². The first kappa shape index (κ1) is 40.0. The summed E-state index contributed by atoms with van der Waals surface area (Å²) in [6.45, 7) is 12.1. The highest BCUT2D eigenvalue weighted by Crippen LogP contribution is 2.23. The van der Waals surface area contributed by atoms with Gasteiger partial charge in [-0.15, -0.1) is 0 Å². The zero-order valence-electron chi connectivity index (χ0n) is 29.4. The van der Waals surface area contributed by atoms with Gasteiger partial charge in [0, 0.05) is 0 Å². The van der Waals surface area contributed by atoms with Crippen LogP contribution in [0.3, 0.4) is 0 Å². The molecule has 3 unspecified atom stereocenters. The third-order valence-corrected chi connectivity index (χ3v) is 9.89. The van der Waals surface area contributed by atoms with Gasteiger partial charge in [0.1, 0.15) is 0 Å². The maximum atomic E-state index is 2.51. The molecule has 0 spiro atoms. The van der Waals surface area contributed by atoms with Gasteiger partial charge in [-0.1, -0.05) is 240 Å². The van der Waals surface area contributed by atoms with E-state index in [1.807, 2.05) is 0 Å². The van der Waals surface area contributed by atoms with Crippen molar-refractivity contribution in [3.8, 4) is 0 Å². The summed E-state index contributed by atoms with van der Waals surface area (Å²) < 4.78 is 0. The minimum Gasteiger partial charge on any atom is -0.0654 e. The summed E-state index contributed by atoms with van der Waals surface area (Å²) >= 11 is 0. The lowest BCUT2D eigenvalue weighted by molar-refractivity contribution is 0.375. The minimum atomic E-state index is 0.944. The highest BCUT2D eigenvalue weighted by atomic mass is 14.1. The molecule has 242 valence electrons. The molecule has 0 saturated heterocycles. The van der Waals surface area contributed by atoms with Crippen molar-refractivity contribution in [3.05, 3.63) is 0 Å². The maximum absolute atomic E-state index is 2.51. The van der Waals surface area contributed by atoms with Crippen molar-refractivity contribution in [3.63, 3.8) is 0 Å². The van der Waals surface area contributed by atoms with Crippen LogP contribution in [0, 0.1) is 17.8 Å². The molecule has 0 aliphatic carbocycles. The van der Waals surface area contributed by atoms with Gasteiger partial charge in [0.25, 0.3) is 0 Å². The van der Waals surface area contributed by atoms with Crippen LogP contribution in [-0.4, -0.2) is 0 Å². The van der Waals surface area contributed by atoms with Crippen LogP contribution in [0.2, 0.25) is 0 Å². The van der Waals surface area contributed by atoms with Crippen LogP contribution in [0.1, 0.15) is 240 Å². The van der Waals surface area contributed by atoms with Gasteiger partial charge in [-0.25, -0.2) is 0 Å². The van der Waals surface area contributed by atoms with E-state index in [-0.39, 0.29) is 0 Å². The molecular weight excluding hydrogens is 480 g/mol. The Morgan fingerprint density at radius 3 is 0.700 bits per heavy atom. The Hall–Kier alpha value is 0. The largest absolute Gasteiger partial charge is 0.0654 e. The Kier molecular flexibility index (Phi) is 33.5. The van der Waals surface area contributed by atoms with E-state index in [2.05, 4.69) is 34.6 Å². The SMILES string of the molecule is CCCCCCCCCCCCCCCCCCCCCCCCC(C)CCCC(C)CCCC(C)CCCC. The van der Waals surface area contributed by atoms with Crippen LogP contribution >= 0.6 is 0 Å². The Morgan fingerprint density at radius 1 is 0.225 bits per heavy atom. The second-order valence-corrected chi connectivity index (χ2v) is 14.5. The summed E-state index contributed by atoms with van der Waals surface area (Å²) in [6.07, 6.45) is 47.1. The normalized spacial score (nSPS) is 14.0. The lowest BCUT2D eigenvalue weighted by atomic mass is 9.90. The monoisotopic (exact) mass is 563 g/mol. The molecule has 0 aliphatic rings. The molecule has 0 nitrogen and oxygen atoms in total. The molecule has 0 fully saturated rings. The molecule has 0 bridgehead atoms. The number of unbranched alkanes of at least 4 members (excludes halogenated alkanes) is 22. The molecule has 0 radical (unpaired) electrons. The first-order valence-electron chi connectivity index (χ1n) is 19.6. The van der Waals surface area contributed by atoms with Crippen molar-refractivity contribution in [2.24, 2.45) is 17.8 Å². The van der Waals surface area contributed by atoms with E-state index in [0.29, 0.717) is 0 Å². The third kappa shape index (κ3) is 32.5. The second kappa shape index (κ2) is 33.5. The summed E-state index contributed by atoms with van der Waals surface area (Å²) in [5, 5.41) is 0. The fraction of sp³-hybridized carbons (Fsp3) is 1.00. The summed E-state index contributed by atoms with van der Waals surface area (Å²) in [5.74, 6) is 2.84. The molecule has 0 aromatic carbocycles. The summed E-state index contributed by atoms with van der Waals surface area (Å²) in [7, 11) is 0. The van der Waals surface area contributed by atoms with Gasteiger partial charge in [0.2, 0.25) is 0 Å². The van der Waals surface area contributed by atoms with Crippen molar-refractivity contribution < 1.29 is 0 Å². The van der Waals surface area contributed by atoms with Crippen LogP contribution in [0.25, 0.3) is 0 Å².